The Morgan fingerprint density at radius 1 is 1.27 bits per heavy atom. The number of rotatable bonds is 4. The van der Waals surface area contributed by atoms with Gasteiger partial charge in [-0.05, 0) is 32.9 Å². The van der Waals surface area contributed by atoms with Crippen molar-refractivity contribution in [1.82, 2.24) is 0 Å². The number of nitrogens with one attached hydrogen (secondary N) is 1. The monoisotopic (exact) mass is 247 g/mol. The summed E-state index contributed by atoms with van der Waals surface area (Å²) in [5.41, 5.74) is 0.906. The predicted molar refractivity (Wildman–Crippen MR) is 66.4 cm³/mol. The van der Waals surface area contributed by atoms with Gasteiger partial charge in [-0.1, -0.05) is 23.2 Å². The molecule has 0 aromatic heterocycles. The second kappa shape index (κ2) is 5.47. The predicted octanol–water partition coefficient (Wildman–Crippen LogP) is 4.21. The largest absolute Gasteiger partial charge is 0.488 e. The summed E-state index contributed by atoms with van der Waals surface area (Å²) in [4.78, 5) is 0. The molecule has 0 fully saturated rings. The first-order chi connectivity index (χ1) is 7.04. The minimum atomic E-state index is 0.0602. The Morgan fingerprint density at radius 3 is 2.20 bits per heavy atom. The van der Waals surface area contributed by atoms with Gasteiger partial charge in [0.25, 0.3) is 0 Å². The summed E-state index contributed by atoms with van der Waals surface area (Å²) in [6.07, 6.45) is 0.0602. The number of hydrogen-bond donors (Lipinski definition) is 1. The van der Waals surface area contributed by atoms with Gasteiger partial charge < -0.3 is 10.1 Å². The van der Waals surface area contributed by atoms with Gasteiger partial charge in [-0.25, -0.2) is 0 Å². The smallest absolute Gasteiger partial charge is 0.156 e. The van der Waals surface area contributed by atoms with Crippen molar-refractivity contribution in [3.63, 3.8) is 0 Å². The number of benzene rings is 1. The molecule has 0 unspecified atom stereocenters. The van der Waals surface area contributed by atoms with E-state index in [0.29, 0.717) is 15.8 Å². The molecule has 15 heavy (non-hydrogen) atoms. The van der Waals surface area contributed by atoms with Crippen LogP contribution < -0.4 is 10.1 Å². The molecule has 0 aliphatic rings. The molecule has 0 saturated heterocycles. The Bertz CT molecular complexity index is 316. The van der Waals surface area contributed by atoms with Crippen molar-refractivity contribution in [3.05, 3.63) is 22.2 Å². The molecule has 0 aliphatic heterocycles. The standard InChI is InChI=1S/C11H15Cl2NO/c1-4-14-8-5-9(12)11(10(13)6-8)15-7(2)3/h5-7,14H,4H2,1-3H3. The maximum absolute atomic E-state index is 6.07. The highest BCUT2D eigenvalue weighted by molar-refractivity contribution is 6.37. The van der Waals surface area contributed by atoms with Crippen LogP contribution in [0.15, 0.2) is 12.1 Å². The van der Waals surface area contributed by atoms with Gasteiger partial charge in [-0.2, -0.15) is 0 Å². The molecule has 0 aliphatic carbocycles. The van der Waals surface area contributed by atoms with E-state index in [0.717, 1.165) is 12.2 Å². The molecule has 0 saturated carbocycles. The highest BCUT2D eigenvalue weighted by Crippen LogP contribution is 2.36. The Morgan fingerprint density at radius 2 is 1.80 bits per heavy atom. The Labute approximate surface area is 101 Å². The third kappa shape index (κ3) is 3.47. The van der Waals surface area contributed by atoms with Crippen LogP contribution in [0.25, 0.3) is 0 Å². The molecule has 1 N–H and O–H groups in total. The molecule has 0 heterocycles. The number of anilines is 1. The lowest BCUT2D eigenvalue weighted by Gasteiger charge is -2.14. The van der Waals surface area contributed by atoms with Crippen molar-refractivity contribution in [2.75, 3.05) is 11.9 Å². The van der Waals surface area contributed by atoms with E-state index in [4.69, 9.17) is 27.9 Å². The lowest BCUT2D eigenvalue weighted by atomic mass is 10.3. The summed E-state index contributed by atoms with van der Waals surface area (Å²) in [6, 6.07) is 3.63. The van der Waals surface area contributed by atoms with Gasteiger partial charge in [-0.15, -0.1) is 0 Å². The second-order valence-electron chi connectivity index (χ2n) is 3.47. The zero-order chi connectivity index (χ0) is 11.4. The van der Waals surface area contributed by atoms with Gasteiger partial charge >= 0.3 is 0 Å². The summed E-state index contributed by atoms with van der Waals surface area (Å²) >= 11 is 12.1. The summed E-state index contributed by atoms with van der Waals surface area (Å²) in [6.45, 7) is 6.72. The van der Waals surface area contributed by atoms with Gasteiger partial charge in [0.05, 0.1) is 16.1 Å². The summed E-state index contributed by atoms with van der Waals surface area (Å²) < 4.78 is 5.52. The van der Waals surface area contributed by atoms with E-state index in [1.165, 1.54) is 0 Å². The Kier molecular flexibility index (Phi) is 4.55. The molecule has 1 aromatic rings. The van der Waals surface area contributed by atoms with Crippen LogP contribution in [0.5, 0.6) is 5.75 Å². The van der Waals surface area contributed by atoms with Crippen LogP contribution in [0.4, 0.5) is 5.69 Å². The molecule has 2 nitrogen and oxygen atoms in total. The average Bonchev–Trinajstić information content (AvgIpc) is 2.11. The Balaban J connectivity index is 2.98. The molecule has 0 amide bonds. The van der Waals surface area contributed by atoms with Gasteiger partial charge in [0, 0.05) is 12.2 Å². The highest BCUT2D eigenvalue weighted by Gasteiger charge is 2.10. The zero-order valence-electron chi connectivity index (χ0n) is 9.10. The highest BCUT2D eigenvalue weighted by atomic mass is 35.5. The quantitative estimate of drug-likeness (QED) is 0.861. The summed E-state index contributed by atoms with van der Waals surface area (Å²) in [7, 11) is 0. The third-order valence-corrected chi connectivity index (χ3v) is 2.29. The molecular weight excluding hydrogens is 233 g/mol. The minimum Gasteiger partial charge on any atom is -0.488 e. The normalized spacial score (nSPS) is 10.5. The number of ether oxygens (including phenoxy) is 1. The maximum Gasteiger partial charge on any atom is 0.156 e. The van der Waals surface area contributed by atoms with Crippen LogP contribution >= 0.6 is 23.2 Å². The van der Waals surface area contributed by atoms with Crippen molar-refractivity contribution in [2.45, 2.75) is 26.9 Å². The minimum absolute atomic E-state index is 0.0602. The van der Waals surface area contributed by atoms with Crippen LogP contribution in [-0.2, 0) is 0 Å². The maximum atomic E-state index is 6.07. The van der Waals surface area contributed by atoms with Crippen molar-refractivity contribution >= 4 is 28.9 Å². The van der Waals surface area contributed by atoms with E-state index in [-0.39, 0.29) is 6.10 Å². The average molecular weight is 248 g/mol. The molecule has 0 bridgehead atoms. The van der Waals surface area contributed by atoms with Crippen LogP contribution in [0.1, 0.15) is 20.8 Å². The van der Waals surface area contributed by atoms with Crippen LogP contribution in [0.3, 0.4) is 0 Å². The SMILES string of the molecule is CCNc1cc(Cl)c(OC(C)C)c(Cl)c1. The van der Waals surface area contributed by atoms with E-state index >= 15 is 0 Å². The molecule has 1 aromatic carbocycles. The molecule has 0 atom stereocenters. The van der Waals surface area contributed by atoms with Gasteiger partial charge in [0.1, 0.15) is 0 Å². The molecular formula is C11H15Cl2NO. The van der Waals surface area contributed by atoms with E-state index in [1.807, 2.05) is 32.9 Å². The molecule has 0 radical (unpaired) electrons. The summed E-state index contributed by atoms with van der Waals surface area (Å²) in [5.74, 6) is 0.551. The van der Waals surface area contributed by atoms with E-state index in [9.17, 15) is 0 Å². The van der Waals surface area contributed by atoms with Crippen molar-refractivity contribution in [1.29, 1.82) is 0 Å². The van der Waals surface area contributed by atoms with Gasteiger partial charge in [-0.3, -0.25) is 0 Å². The molecule has 84 valence electrons. The van der Waals surface area contributed by atoms with E-state index in [2.05, 4.69) is 5.32 Å². The molecule has 0 spiro atoms. The lowest BCUT2D eigenvalue weighted by Crippen LogP contribution is -2.07. The fourth-order valence-corrected chi connectivity index (χ4v) is 1.79. The van der Waals surface area contributed by atoms with Crippen LogP contribution in [0, 0.1) is 0 Å². The first kappa shape index (κ1) is 12.5. The Hall–Kier alpha value is -0.600. The fourth-order valence-electron chi connectivity index (χ4n) is 1.21. The molecule has 1 rings (SSSR count). The topological polar surface area (TPSA) is 21.3 Å². The van der Waals surface area contributed by atoms with Gasteiger partial charge in [0.2, 0.25) is 0 Å². The van der Waals surface area contributed by atoms with E-state index < -0.39 is 0 Å². The fraction of sp³-hybridized carbons (Fsp3) is 0.455. The number of hydrogen-bond acceptors (Lipinski definition) is 2. The third-order valence-electron chi connectivity index (χ3n) is 1.73. The van der Waals surface area contributed by atoms with Crippen LogP contribution in [0.2, 0.25) is 10.0 Å². The lowest BCUT2D eigenvalue weighted by molar-refractivity contribution is 0.243. The first-order valence-electron chi connectivity index (χ1n) is 4.94. The second-order valence-corrected chi connectivity index (χ2v) is 4.28. The van der Waals surface area contributed by atoms with Crippen LogP contribution in [-0.4, -0.2) is 12.6 Å². The zero-order valence-corrected chi connectivity index (χ0v) is 10.6. The van der Waals surface area contributed by atoms with Crippen molar-refractivity contribution in [3.8, 4) is 5.75 Å². The molecule has 4 heteroatoms. The summed E-state index contributed by atoms with van der Waals surface area (Å²) in [5, 5.41) is 4.21. The van der Waals surface area contributed by atoms with E-state index in [1.54, 1.807) is 0 Å². The van der Waals surface area contributed by atoms with Crippen molar-refractivity contribution in [2.24, 2.45) is 0 Å². The van der Waals surface area contributed by atoms with Crippen molar-refractivity contribution < 1.29 is 4.74 Å². The first-order valence-corrected chi connectivity index (χ1v) is 5.69. The number of halogens is 2. The van der Waals surface area contributed by atoms with Gasteiger partial charge in [0.15, 0.2) is 5.75 Å².